The van der Waals surface area contributed by atoms with Crippen molar-refractivity contribution in [3.63, 3.8) is 0 Å². The lowest BCUT2D eigenvalue weighted by molar-refractivity contribution is 0.673. The molecule has 0 aliphatic carbocycles. The van der Waals surface area contributed by atoms with E-state index in [1.807, 2.05) is 6.07 Å². The lowest BCUT2D eigenvalue weighted by atomic mass is 9.91. The number of furan rings is 1. The first-order valence-corrected chi connectivity index (χ1v) is 18.2. The van der Waals surface area contributed by atoms with Crippen molar-refractivity contribution in [2.75, 3.05) is 0 Å². The van der Waals surface area contributed by atoms with Crippen LogP contribution in [-0.4, -0.2) is 0 Å². The summed E-state index contributed by atoms with van der Waals surface area (Å²) < 4.78 is 9.08. The summed E-state index contributed by atoms with van der Waals surface area (Å²) in [6.45, 7) is 0. The number of thiophene rings is 1. The van der Waals surface area contributed by atoms with Crippen LogP contribution in [0.5, 0.6) is 0 Å². The van der Waals surface area contributed by atoms with E-state index in [4.69, 9.17) is 27.6 Å². The van der Waals surface area contributed by atoms with E-state index in [0.717, 1.165) is 80.1 Å². The van der Waals surface area contributed by atoms with Gasteiger partial charge in [0.15, 0.2) is 0 Å². The van der Waals surface area contributed by atoms with Crippen LogP contribution in [0.4, 0.5) is 0 Å². The number of hydrogen-bond donors (Lipinski definition) is 0. The zero-order chi connectivity index (χ0) is 33.1. The Morgan fingerprint density at radius 3 is 2.04 bits per heavy atom. The molecule has 0 aliphatic rings. The van der Waals surface area contributed by atoms with Crippen LogP contribution in [0, 0.1) is 0 Å². The van der Waals surface area contributed by atoms with E-state index in [1.165, 1.54) is 37.4 Å². The van der Waals surface area contributed by atoms with Crippen LogP contribution in [-0.2, 0) is 0 Å². The molecule has 2 heterocycles. The Morgan fingerprint density at radius 2 is 1.16 bits per heavy atom. The van der Waals surface area contributed by atoms with E-state index in [1.54, 1.807) is 11.3 Å². The number of benzene rings is 9. The minimum absolute atomic E-state index is 0.729. The molecule has 0 amide bonds. The number of halogens is 2. The van der Waals surface area contributed by atoms with Crippen LogP contribution in [0.15, 0.2) is 150 Å². The highest BCUT2D eigenvalue weighted by atomic mass is 35.5. The first kappa shape index (κ1) is 28.5. The van der Waals surface area contributed by atoms with Crippen LogP contribution >= 0.6 is 34.5 Å². The summed E-state index contributed by atoms with van der Waals surface area (Å²) in [5.41, 5.74) is 6.44. The zero-order valence-corrected chi connectivity index (χ0v) is 28.8. The summed E-state index contributed by atoms with van der Waals surface area (Å²) in [4.78, 5) is 0. The average Bonchev–Trinajstić information content (AvgIpc) is 3.74. The van der Waals surface area contributed by atoms with Gasteiger partial charge in [0.2, 0.25) is 0 Å². The molecule has 9 aromatic carbocycles. The molecule has 11 aromatic rings. The van der Waals surface area contributed by atoms with Crippen molar-refractivity contribution in [1.29, 1.82) is 0 Å². The molecule has 0 saturated carbocycles. The number of rotatable bonds is 2. The molecule has 0 radical (unpaired) electrons. The molecule has 2 aromatic heterocycles. The van der Waals surface area contributed by atoms with Gasteiger partial charge in [0.25, 0.3) is 0 Å². The Hall–Kier alpha value is -5.38. The third kappa shape index (κ3) is 4.01. The Bertz CT molecular complexity index is 3230. The quantitative estimate of drug-likeness (QED) is 0.130. The molecule has 1 nitrogen and oxygen atoms in total. The lowest BCUT2D eigenvalue weighted by Crippen LogP contribution is -1.87. The number of fused-ring (bicyclic) bond motifs is 13. The molecule has 11 rings (SSSR count). The van der Waals surface area contributed by atoms with Gasteiger partial charge in [0, 0.05) is 42.0 Å². The van der Waals surface area contributed by atoms with Crippen molar-refractivity contribution in [2.45, 2.75) is 0 Å². The van der Waals surface area contributed by atoms with Crippen LogP contribution in [0.25, 0.3) is 107 Å². The van der Waals surface area contributed by atoms with E-state index in [0.29, 0.717) is 0 Å². The van der Waals surface area contributed by atoms with Crippen molar-refractivity contribution >= 4 is 120 Å². The molecule has 0 spiro atoms. The summed E-state index contributed by atoms with van der Waals surface area (Å²) in [5, 5.41) is 15.3. The minimum atomic E-state index is 0.729. The second kappa shape index (κ2) is 10.6. The molecule has 234 valence electrons. The molecular weight excluding hydrogens is 671 g/mol. The van der Waals surface area contributed by atoms with Gasteiger partial charge in [-0.25, -0.2) is 0 Å². The molecule has 50 heavy (non-hydrogen) atoms. The normalized spacial score (nSPS) is 12.2. The van der Waals surface area contributed by atoms with Crippen LogP contribution in [0.3, 0.4) is 0 Å². The maximum absolute atomic E-state index is 7.35. The fourth-order valence-electron chi connectivity index (χ4n) is 8.08. The van der Waals surface area contributed by atoms with Gasteiger partial charge < -0.3 is 4.42 Å². The maximum atomic E-state index is 7.35. The van der Waals surface area contributed by atoms with Crippen molar-refractivity contribution in [3.8, 4) is 22.3 Å². The predicted octanol–water partition coefficient (Wildman–Crippen LogP) is 15.2. The van der Waals surface area contributed by atoms with Gasteiger partial charge in [0.05, 0.1) is 9.72 Å². The molecule has 0 bridgehead atoms. The Balaban J connectivity index is 1.14. The third-order valence-electron chi connectivity index (χ3n) is 10.3. The van der Waals surface area contributed by atoms with E-state index in [-0.39, 0.29) is 0 Å². The largest absolute Gasteiger partial charge is 0.455 e. The van der Waals surface area contributed by atoms with E-state index < -0.39 is 0 Å². The van der Waals surface area contributed by atoms with Crippen molar-refractivity contribution in [2.24, 2.45) is 0 Å². The van der Waals surface area contributed by atoms with Gasteiger partial charge in [-0.15, -0.1) is 11.3 Å². The molecule has 0 N–H and O–H groups in total. The highest BCUT2D eigenvalue weighted by Gasteiger charge is 2.20. The Morgan fingerprint density at radius 1 is 0.440 bits per heavy atom. The molecular formula is C46H24Cl2OS. The van der Waals surface area contributed by atoms with E-state index in [9.17, 15) is 0 Å². The topological polar surface area (TPSA) is 13.1 Å². The molecule has 0 fully saturated rings. The first-order chi connectivity index (χ1) is 24.6. The molecule has 4 heteroatoms. The number of hydrogen-bond acceptors (Lipinski definition) is 2. The minimum Gasteiger partial charge on any atom is -0.455 e. The average molecular weight is 696 g/mol. The molecule has 0 unspecified atom stereocenters. The van der Waals surface area contributed by atoms with Gasteiger partial charge in [-0.3, -0.25) is 0 Å². The van der Waals surface area contributed by atoms with E-state index >= 15 is 0 Å². The molecule has 0 aliphatic heterocycles. The van der Waals surface area contributed by atoms with Gasteiger partial charge >= 0.3 is 0 Å². The standard InChI is InChI=1S/C46H24Cl2OS/c47-30-17-19-32-36(24-30)31-10-4-5-11-33(31)45-42(32)34-18-16-28(23-39(34)49-45)26-14-15-27-21-37-38(22-29(27)20-26)44(48)46-43(35-12-6-7-13-40(35)50-46)41(37)25-8-2-1-3-9-25/h1-24H. The lowest BCUT2D eigenvalue weighted by Gasteiger charge is -2.14. The summed E-state index contributed by atoms with van der Waals surface area (Å²) in [5.74, 6) is 0. The second-order valence-corrected chi connectivity index (χ2v) is 14.9. The predicted molar refractivity (Wildman–Crippen MR) is 218 cm³/mol. The smallest absolute Gasteiger partial charge is 0.143 e. The van der Waals surface area contributed by atoms with Crippen molar-refractivity contribution < 1.29 is 4.42 Å². The van der Waals surface area contributed by atoms with Crippen LogP contribution in [0.2, 0.25) is 10.0 Å². The Kier molecular flexibility index (Phi) is 6.01. The Labute approximate surface area is 300 Å². The van der Waals surface area contributed by atoms with Gasteiger partial charge in [-0.1, -0.05) is 120 Å². The maximum Gasteiger partial charge on any atom is 0.143 e. The fraction of sp³-hybridized carbons (Fsp3) is 0. The summed E-state index contributed by atoms with van der Waals surface area (Å²) >= 11 is 15.6. The highest BCUT2D eigenvalue weighted by Crippen LogP contribution is 2.49. The first-order valence-electron chi connectivity index (χ1n) is 16.6. The SMILES string of the molecule is Clc1ccc2c(c1)c1ccccc1c1oc3cc(-c4ccc5cc6c(-c7ccccc7)c7c(sc8ccccc87)c(Cl)c6cc5c4)ccc3c21. The monoisotopic (exact) mass is 694 g/mol. The van der Waals surface area contributed by atoms with Gasteiger partial charge in [0.1, 0.15) is 11.2 Å². The van der Waals surface area contributed by atoms with Crippen molar-refractivity contribution in [3.05, 3.63) is 156 Å². The van der Waals surface area contributed by atoms with E-state index in [2.05, 4.69) is 140 Å². The second-order valence-electron chi connectivity index (χ2n) is 13.1. The third-order valence-corrected chi connectivity index (χ3v) is 12.3. The van der Waals surface area contributed by atoms with Crippen LogP contribution < -0.4 is 0 Å². The van der Waals surface area contributed by atoms with Crippen molar-refractivity contribution in [1.82, 2.24) is 0 Å². The van der Waals surface area contributed by atoms with Gasteiger partial charge in [-0.05, 0) is 103 Å². The summed E-state index contributed by atoms with van der Waals surface area (Å²) in [6.07, 6.45) is 0. The highest BCUT2D eigenvalue weighted by molar-refractivity contribution is 7.26. The molecule has 0 saturated heterocycles. The fourth-order valence-corrected chi connectivity index (χ4v) is 9.78. The summed E-state index contributed by atoms with van der Waals surface area (Å²) in [7, 11) is 0. The van der Waals surface area contributed by atoms with Gasteiger partial charge in [-0.2, -0.15) is 0 Å². The van der Waals surface area contributed by atoms with Crippen LogP contribution in [0.1, 0.15) is 0 Å². The molecule has 0 atom stereocenters. The zero-order valence-electron chi connectivity index (χ0n) is 26.4. The summed E-state index contributed by atoms with van der Waals surface area (Å²) in [6, 6.07) is 51.8.